The van der Waals surface area contributed by atoms with E-state index in [0.717, 1.165) is 4.90 Å². The van der Waals surface area contributed by atoms with Crippen molar-refractivity contribution in [3.05, 3.63) is 75.3 Å². The quantitative estimate of drug-likeness (QED) is 0.352. The number of esters is 1. The lowest BCUT2D eigenvalue weighted by atomic mass is 10.0. The fraction of sp³-hybridized carbons (Fsp3) is 0.167. The van der Waals surface area contributed by atoms with Crippen molar-refractivity contribution in [2.75, 3.05) is 7.11 Å². The summed E-state index contributed by atoms with van der Waals surface area (Å²) in [6.45, 7) is 0. The van der Waals surface area contributed by atoms with Crippen LogP contribution >= 0.6 is 0 Å². The fourth-order valence-electron chi connectivity index (χ4n) is 2.88. The Labute approximate surface area is 148 Å². The van der Waals surface area contributed by atoms with Crippen molar-refractivity contribution in [2.45, 2.75) is 12.5 Å². The molecule has 0 spiro atoms. The number of nitro benzene ring substituents is 1. The molecule has 26 heavy (non-hydrogen) atoms. The van der Waals surface area contributed by atoms with Crippen molar-refractivity contribution in [2.24, 2.45) is 0 Å². The molecule has 0 aromatic heterocycles. The van der Waals surface area contributed by atoms with E-state index in [-0.39, 0.29) is 23.2 Å². The minimum Gasteiger partial charge on any atom is -0.467 e. The van der Waals surface area contributed by atoms with E-state index < -0.39 is 28.7 Å². The summed E-state index contributed by atoms with van der Waals surface area (Å²) in [7, 11) is 1.17. The van der Waals surface area contributed by atoms with E-state index >= 15 is 0 Å². The molecule has 0 bridgehead atoms. The van der Waals surface area contributed by atoms with E-state index in [1.807, 2.05) is 0 Å². The lowest BCUT2D eigenvalue weighted by Gasteiger charge is -2.24. The summed E-state index contributed by atoms with van der Waals surface area (Å²) in [5.74, 6) is -1.87. The molecule has 8 nitrogen and oxygen atoms in total. The molecule has 8 heteroatoms. The van der Waals surface area contributed by atoms with Crippen LogP contribution in [0.5, 0.6) is 0 Å². The van der Waals surface area contributed by atoms with E-state index in [9.17, 15) is 24.5 Å². The second-order valence-corrected chi connectivity index (χ2v) is 5.69. The van der Waals surface area contributed by atoms with E-state index in [1.165, 1.54) is 43.5 Å². The fourth-order valence-corrected chi connectivity index (χ4v) is 2.88. The zero-order valence-electron chi connectivity index (χ0n) is 13.7. The van der Waals surface area contributed by atoms with E-state index in [0.29, 0.717) is 5.56 Å². The highest BCUT2D eigenvalue weighted by Gasteiger charge is 2.43. The summed E-state index contributed by atoms with van der Waals surface area (Å²) in [4.78, 5) is 48.6. The Morgan fingerprint density at radius 3 is 2.08 bits per heavy atom. The molecule has 1 atom stereocenters. The number of ether oxygens (including phenoxy) is 1. The summed E-state index contributed by atoms with van der Waals surface area (Å²) in [5, 5.41) is 10.7. The lowest BCUT2D eigenvalue weighted by molar-refractivity contribution is -0.384. The average Bonchev–Trinajstić information content (AvgIpc) is 2.91. The third kappa shape index (κ3) is 2.92. The number of hydrogen-bond acceptors (Lipinski definition) is 6. The molecule has 2 aromatic rings. The third-order valence-corrected chi connectivity index (χ3v) is 4.19. The standard InChI is InChI=1S/C18H14N2O6/c1-26-18(23)15(10-11-6-8-12(9-7-11)20(24)25)19-16(21)13-4-2-3-5-14(13)17(19)22/h2-9,15H,10H2,1H3. The van der Waals surface area contributed by atoms with Crippen LogP contribution in [0, 0.1) is 10.1 Å². The van der Waals surface area contributed by atoms with Gasteiger partial charge in [-0.25, -0.2) is 4.79 Å². The van der Waals surface area contributed by atoms with Gasteiger partial charge in [-0.2, -0.15) is 0 Å². The Kier molecular flexibility index (Phi) is 4.49. The Morgan fingerprint density at radius 1 is 1.08 bits per heavy atom. The molecule has 1 aliphatic heterocycles. The van der Waals surface area contributed by atoms with Crippen LogP contribution < -0.4 is 0 Å². The molecule has 1 heterocycles. The molecule has 0 N–H and O–H groups in total. The van der Waals surface area contributed by atoms with Gasteiger partial charge >= 0.3 is 5.97 Å². The maximum atomic E-state index is 12.6. The van der Waals surface area contributed by atoms with Crippen molar-refractivity contribution in [3.63, 3.8) is 0 Å². The van der Waals surface area contributed by atoms with Gasteiger partial charge in [-0.1, -0.05) is 24.3 Å². The van der Waals surface area contributed by atoms with Gasteiger partial charge in [0.25, 0.3) is 17.5 Å². The minimum absolute atomic E-state index is 0.00383. The molecule has 3 rings (SSSR count). The van der Waals surface area contributed by atoms with E-state index in [1.54, 1.807) is 12.1 Å². The number of rotatable bonds is 5. The first-order valence-electron chi connectivity index (χ1n) is 7.72. The smallest absolute Gasteiger partial charge is 0.329 e. The van der Waals surface area contributed by atoms with Crippen molar-refractivity contribution in [3.8, 4) is 0 Å². The Bertz CT molecular complexity index is 871. The summed E-state index contributed by atoms with van der Waals surface area (Å²) in [5.41, 5.74) is 0.928. The van der Waals surface area contributed by atoms with Crippen LogP contribution in [0.4, 0.5) is 5.69 Å². The van der Waals surface area contributed by atoms with Crippen LogP contribution in [0.1, 0.15) is 26.3 Å². The second kappa shape index (κ2) is 6.75. The molecular formula is C18H14N2O6. The number of non-ortho nitro benzene ring substituents is 1. The van der Waals surface area contributed by atoms with Gasteiger partial charge in [0.05, 0.1) is 23.2 Å². The first-order chi connectivity index (χ1) is 12.4. The van der Waals surface area contributed by atoms with Gasteiger partial charge in [-0.05, 0) is 17.7 Å². The van der Waals surface area contributed by atoms with Crippen molar-refractivity contribution in [1.82, 2.24) is 4.90 Å². The lowest BCUT2D eigenvalue weighted by Crippen LogP contribution is -2.46. The number of fused-ring (bicyclic) bond motifs is 1. The van der Waals surface area contributed by atoms with Crippen LogP contribution in [-0.2, 0) is 16.0 Å². The molecule has 2 amide bonds. The topological polar surface area (TPSA) is 107 Å². The Hall–Kier alpha value is -3.55. The number of imide groups is 1. The zero-order chi connectivity index (χ0) is 18.8. The largest absolute Gasteiger partial charge is 0.467 e. The maximum Gasteiger partial charge on any atom is 0.329 e. The third-order valence-electron chi connectivity index (χ3n) is 4.19. The first-order valence-corrected chi connectivity index (χ1v) is 7.72. The number of carbonyl (C=O) groups is 3. The minimum atomic E-state index is -1.16. The number of amides is 2. The van der Waals surface area contributed by atoms with Gasteiger partial charge in [0.15, 0.2) is 0 Å². The molecule has 2 aromatic carbocycles. The number of methoxy groups -OCH3 is 1. The zero-order valence-corrected chi connectivity index (χ0v) is 13.7. The summed E-state index contributed by atoms with van der Waals surface area (Å²) >= 11 is 0. The van der Waals surface area contributed by atoms with Gasteiger partial charge in [-0.15, -0.1) is 0 Å². The second-order valence-electron chi connectivity index (χ2n) is 5.69. The van der Waals surface area contributed by atoms with Crippen LogP contribution in [0.25, 0.3) is 0 Å². The van der Waals surface area contributed by atoms with Gasteiger partial charge in [0.2, 0.25) is 0 Å². The number of carbonyl (C=O) groups excluding carboxylic acids is 3. The number of nitro groups is 1. The van der Waals surface area contributed by atoms with Gasteiger partial charge in [0, 0.05) is 18.6 Å². The number of hydrogen-bond donors (Lipinski definition) is 0. The van der Waals surface area contributed by atoms with Crippen LogP contribution in [0.3, 0.4) is 0 Å². The molecule has 1 aliphatic rings. The van der Waals surface area contributed by atoms with Crippen molar-refractivity contribution in [1.29, 1.82) is 0 Å². The summed E-state index contributed by atoms with van der Waals surface area (Å²) in [6, 6.07) is 10.7. The highest BCUT2D eigenvalue weighted by Crippen LogP contribution is 2.26. The van der Waals surface area contributed by atoms with E-state index in [2.05, 4.69) is 0 Å². The molecule has 0 aliphatic carbocycles. The van der Waals surface area contributed by atoms with Gasteiger partial charge in [-0.3, -0.25) is 24.6 Å². The van der Waals surface area contributed by atoms with Crippen molar-refractivity contribution < 1.29 is 24.0 Å². The molecule has 0 saturated heterocycles. The van der Waals surface area contributed by atoms with E-state index in [4.69, 9.17) is 4.74 Å². The molecule has 1 unspecified atom stereocenters. The molecule has 0 saturated carbocycles. The van der Waals surface area contributed by atoms with Gasteiger partial charge in [0.1, 0.15) is 6.04 Å². The average molecular weight is 354 g/mol. The molecule has 0 radical (unpaired) electrons. The SMILES string of the molecule is COC(=O)C(Cc1ccc([N+](=O)[O-])cc1)N1C(=O)c2ccccc2C1=O. The van der Waals surface area contributed by atoms with Gasteiger partial charge < -0.3 is 4.74 Å². The Morgan fingerprint density at radius 2 is 1.62 bits per heavy atom. The predicted molar refractivity (Wildman–Crippen MR) is 89.5 cm³/mol. The van der Waals surface area contributed by atoms with Crippen LogP contribution in [0.15, 0.2) is 48.5 Å². The monoisotopic (exact) mass is 354 g/mol. The highest BCUT2D eigenvalue weighted by molar-refractivity contribution is 6.22. The van der Waals surface area contributed by atoms with Crippen LogP contribution in [-0.4, -0.2) is 40.8 Å². The Balaban J connectivity index is 1.92. The molecular weight excluding hydrogens is 340 g/mol. The normalized spacial score (nSPS) is 14.1. The first kappa shape index (κ1) is 17.3. The summed E-state index contributed by atoms with van der Waals surface area (Å²) in [6.07, 6.45) is -0.00383. The number of benzene rings is 2. The summed E-state index contributed by atoms with van der Waals surface area (Å²) < 4.78 is 4.76. The maximum absolute atomic E-state index is 12.6. The van der Waals surface area contributed by atoms with Crippen LogP contribution in [0.2, 0.25) is 0 Å². The number of nitrogens with zero attached hydrogens (tertiary/aromatic N) is 2. The molecule has 0 fully saturated rings. The molecule has 132 valence electrons. The predicted octanol–water partition coefficient (Wildman–Crippen LogP) is 1.98. The highest BCUT2D eigenvalue weighted by atomic mass is 16.6. The van der Waals surface area contributed by atoms with Crippen molar-refractivity contribution >= 4 is 23.5 Å².